The maximum absolute atomic E-state index is 10.8. The summed E-state index contributed by atoms with van der Waals surface area (Å²) in [4.78, 5) is 16.6. The van der Waals surface area contributed by atoms with E-state index >= 15 is 0 Å². The summed E-state index contributed by atoms with van der Waals surface area (Å²) in [5, 5.41) is 11.2. The second-order valence-electron chi connectivity index (χ2n) is 3.96. The van der Waals surface area contributed by atoms with Gasteiger partial charge in [-0.05, 0) is 28.1 Å². The van der Waals surface area contributed by atoms with Crippen LogP contribution in [0, 0.1) is 0 Å². The van der Waals surface area contributed by atoms with Crippen molar-refractivity contribution in [3.05, 3.63) is 32.8 Å². The number of nitrogens with zero attached hydrogens (tertiary/aromatic N) is 2. The quantitative estimate of drug-likeness (QED) is 0.842. The first-order valence-electron chi connectivity index (χ1n) is 5.27. The van der Waals surface area contributed by atoms with Crippen molar-refractivity contribution in [3.8, 4) is 0 Å². The zero-order valence-corrected chi connectivity index (χ0v) is 12.9. The zero-order valence-electron chi connectivity index (χ0n) is 9.82. The number of hydrogen-bond acceptors (Lipinski definition) is 3. The van der Waals surface area contributed by atoms with Crippen molar-refractivity contribution >= 4 is 61.7 Å². The van der Waals surface area contributed by atoms with Gasteiger partial charge in [0.05, 0.1) is 10.0 Å². The Labute approximate surface area is 128 Å². The van der Waals surface area contributed by atoms with Gasteiger partial charge in [-0.25, -0.2) is 4.98 Å². The fourth-order valence-electron chi connectivity index (χ4n) is 1.81. The molecule has 1 aromatic heterocycles. The average Bonchev–Trinajstić information content (AvgIpc) is 2.34. The van der Waals surface area contributed by atoms with Crippen molar-refractivity contribution in [2.24, 2.45) is 0 Å². The minimum atomic E-state index is -0.933. The van der Waals surface area contributed by atoms with Gasteiger partial charge in [0, 0.05) is 28.5 Å². The lowest BCUT2D eigenvalue weighted by Gasteiger charge is -2.19. The number of rotatable bonds is 3. The molecule has 1 aromatic carbocycles. The molecule has 2 aromatic rings. The van der Waals surface area contributed by atoms with E-state index in [0.29, 0.717) is 15.9 Å². The summed E-state index contributed by atoms with van der Waals surface area (Å²) in [6.45, 7) is -0.154. The van der Waals surface area contributed by atoms with E-state index in [1.54, 1.807) is 30.3 Å². The number of carboxylic acids is 1. The summed E-state index contributed by atoms with van der Waals surface area (Å²) in [6.07, 6.45) is 1.57. The van der Waals surface area contributed by atoms with Crippen LogP contribution in [0.15, 0.2) is 22.8 Å². The molecule has 0 saturated carbocycles. The number of carbonyl (C=O) groups is 1. The highest BCUT2D eigenvalue weighted by atomic mass is 79.9. The molecule has 0 unspecified atom stereocenters. The SMILES string of the molecule is CN(CC(=O)O)c1nccc2c(Cl)c(Cl)cc(Br)c12. The topological polar surface area (TPSA) is 53.4 Å². The molecule has 0 fully saturated rings. The number of benzene rings is 1. The molecule has 0 saturated heterocycles. The number of fused-ring (bicyclic) bond motifs is 1. The highest BCUT2D eigenvalue weighted by Crippen LogP contribution is 2.39. The Morgan fingerprint density at radius 1 is 1.53 bits per heavy atom. The molecule has 0 aliphatic carbocycles. The van der Waals surface area contributed by atoms with E-state index in [-0.39, 0.29) is 6.54 Å². The van der Waals surface area contributed by atoms with Gasteiger partial charge in [-0.1, -0.05) is 23.2 Å². The van der Waals surface area contributed by atoms with Crippen LogP contribution in [-0.2, 0) is 4.79 Å². The first-order chi connectivity index (χ1) is 8.91. The number of carboxylic acid groups (broad SMARTS) is 1. The predicted molar refractivity (Wildman–Crippen MR) is 80.4 cm³/mol. The summed E-state index contributed by atoms with van der Waals surface area (Å²) in [7, 11) is 1.66. The van der Waals surface area contributed by atoms with Gasteiger partial charge < -0.3 is 10.0 Å². The second-order valence-corrected chi connectivity index (χ2v) is 5.60. The van der Waals surface area contributed by atoms with E-state index in [0.717, 1.165) is 15.2 Å². The van der Waals surface area contributed by atoms with Crippen LogP contribution in [-0.4, -0.2) is 29.7 Å². The van der Waals surface area contributed by atoms with E-state index in [2.05, 4.69) is 20.9 Å². The molecule has 2 rings (SSSR count). The van der Waals surface area contributed by atoms with Gasteiger partial charge in [0.25, 0.3) is 0 Å². The van der Waals surface area contributed by atoms with E-state index in [1.165, 1.54) is 0 Å². The molecule has 0 spiro atoms. The van der Waals surface area contributed by atoms with Crippen LogP contribution in [0.3, 0.4) is 0 Å². The predicted octanol–water partition coefficient (Wildman–Crippen LogP) is 3.82. The molecular formula is C12H9BrCl2N2O2. The van der Waals surface area contributed by atoms with Gasteiger partial charge >= 0.3 is 5.97 Å². The lowest BCUT2D eigenvalue weighted by atomic mass is 10.1. The van der Waals surface area contributed by atoms with Gasteiger partial charge in [0.2, 0.25) is 0 Å². The number of halogens is 3. The number of anilines is 1. The zero-order chi connectivity index (χ0) is 14.2. The van der Waals surface area contributed by atoms with E-state index in [1.807, 2.05) is 0 Å². The Morgan fingerprint density at radius 2 is 2.21 bits per heavy atom. The largest absolute Gasteiger partial charge is 0.480 e. The van der Waals surface area contributed by atoms with Gasteiger partial charge in [-0.2, -0.15) is 0 Å². The molecule has 0 aliphatic heterocycles. The summed E-state index contributed by atoms with van der Waals surface area (Å²) in [5.41, 5.74) is 0. The summed E-state index contributed by atoms with van der Waals surface area (Å²) in [6, 6.07) is 3.42. The first kappa shape index (κ1) is 14.4. The fourth-order valence-corrected chi connectivity index (χ4v) is 2.99. The van der Waals surface area contributed by atoms with Crippen molar-refractivity contribution < 1.29 is 9.90 Å². The van der Waals surface area contributed by atoms with Crippen LogP contribution in [0.5, 0.6) is 0 Å². The van der Waals surface area contributed by atoms with Crippen LogP contribution in [0.2, 0.25) is 10.0 Å². The summed E-state index contributed by atoms with van der Waals surface area (Å²) in [5.74, 6) is -0.400. The van der Waals surface area contributed by atoms with E-state index < -0.39 is 5.97 Å². The third-order valence-corrected chi connectivity index (χ3v) is 4.03. The molecule has 4 nitrogen and oxygen atoms in total. The smallest absolute Gasteiger partial charge is 0.323 e. The van der Waals surface area contributed by atoms with Crippen molar-refractivity contribution in [1.29, 1.82) is 0 Å². The lowest BCUT2D eigenvalue weighted by Crippen LogP contribution is -2.26. The highest BCUT2D eigenvalue weighted by Gasteiger charge is 2.16. The first-order valence-corrected chi connectivity index (χ1v) is 6.82. The molecule has 0 aliphatic rings. The summed E-state index contributed by atoms with van der Waals surface area (Å²) >= 11 is 15.6. The fraction of sp³-hybridized carbons (Fsp3) is 0.167. The van der Waals surface area contributed by atoms with Crippen LogP contribution < -0.4 is 4.90 Å². The number of aliphatic carboxylic acids is 1. The monoisotopic (exact) mass is 362 g/mol. The van der Waals surface area contributed by atoms with E-state index in [9.17, 15) is 4.79 Å². The Hall–Kier alpha value is -1.04. The third-order valence-electron chi connectivity index (χ3n) is 2.60. The Balaban J connectivity index is 2.70. The van der Waals surface area contributed by atoms with Crippen LogP contribution >= 0.6 is 39.1 Å². The third kappa shape index (κ3) is 2.78. The molecule has 0 atom stereocenters. The molecule has 7 heteroatoms. The number of aromatic nitrogens is 1. The lowest BCUT2D eigenvalue weighted by molar-refractivity contribution is -0.135. The van der Waals surface area contributed by atoms with Gasteiger partial charge in [-0.3, -0.25) is 4.79 Å². The Bertz CT molecular complexity index is 664. The molecule has 100 valence electrons. The Morgan fingerprint density at radius 3 is 2.84 bits per heavy atom. The van der Waals surface area contributed by atoms with Crippen LogP contribution in [0.4, 0.5) is 5.82 Å². The molecule has 0 amide bonds. The van der Waals surface area contributed by atoms with Crippen LogP contribution in [0.25, 0.3) is 10.8 Å². The molecular weight excluding hydrogens is 355 g/mol. The molecule has 19 heavy (non-hydrogen) atoms. The highest BCUT2D eigenvalue weighted by molar-refractivity contribution is 9.10. The van der Waals surface area contributed by atoms with E-state index in [4.69, 9.17) is 28.3 Å². The standard InChI is InChI=1S/C12H9BrCl2N2O2/c1-17(5-9(18)19)12-10-6(2-3-16-12)11(15)8(14)4-7(10)13/h2-4H,5H2,1H3,(H,18,19). The van der Waals surface area contributed by atoms with Crippen molar-refractivity contribution in [2.45, 2.75) is 0 Å². The van der Waals surface area contributed by atoms with Gasteiger partial charge in [-0.15, -0.1) is 0 Å². The van der Waals surface area contributed by atoms with Gasteiger partial charge in [0.1, 0.15) is 12.4 Å². The molecule has 1 N–H and O–H groups in total. The Kier molecular flexibility index (Phi) is 4.18. The summed E-state index contributed by atoms with van der Waals surface area (Å²) < 4.78 is 0.720. The minimum Gasteiger partial charge on any atom is -0.480 e. The molecule has 0 radical (unpaired) electrons. The molecule has 1 heterocycles. The van der Waals surface area contributed by atoms with Crippen molar-refractivity contribution in [1.82, 2.24) is 4.98 Å². The maximum atomic E-state index is 10.8. The normalized spacial score (nSPS) is 10.7. The molecule has 0 bridgehead atoms. The van der Waals surface area contributed by atoms with Gasteiger partial charge in [0.15, 0.2) is 0 Å². The average molecular weight is 364 g/mol. The number of pyridine rings is 1. The second kappa shape index (κ2) is 5.53. The van der Waals surface area contributed by atoms with Crippen LogP contribution in [0.1, 0.15) is 0 Å². The minimum absolute atomic E-state index is 0.154. The van der Waals surface area contributed by atoms with Crippen molar-refractivity contribution in [3.63, 3.8) is 0 Å². The number of likely N-dealkylation sites (N-methyl/N-ethyl adjacent to an activating group) is 1. The van der Waals surface area contributed by atoms with Crippen molar-refractivity contribution in [2.75, 3.05) is 18.5 Å². The maximum Gasteiger partial charge on any atom is 0.323 e. The number of hydrogen-bond donors (Lipinski definition) is 1.